The molecule has 0 aromatic carbocycles. The van der Waals surface area contributed by atoms with Gasteiger partial charge in [0.25, 0.3) is 5.89 Å². The fraction of sp³-hybridized carbons (Fsp3) is 0.765. The van der Waals surface area contributed by atoms with Crippen LogP contribution in [0.2, 0.25) is 0 Å². The highest BCUT2D eigenvalue weighted by atomic mass is 16.6. The average molecular weight is 337 g/mol. The second-order valence-corrected chi connectivity index (χ2v) is 7.85. The first-order valence-corrected chi connectivity index (χ1v) is 8.43. The SMILES string of the molecule is CCC(C)(C)c1nnc(C(=O)[C@@H]2CCCN2C(=O)OC(C)(C)C)o1. The van der Waals surface area contributed by atoms with Gasteiger partial charge in [0, 0.05) is 12.0 Å². The average Bonchev–Trinajstić information content (AvgIpc) is 3.14. The molecule has 0 bridgehead atoms. The molecule has 134 valence electrons. The van der Waals surface area contributed by atoms with Gasteiger partial charge in [0.05, 0.1) is 0 Å². The van der Waals surface area contributed by atoms with Crippen molar-refractivity contribution in [3.63, 3.8) is 0 Å². The molecule has 1 fully saturated rings. The Morgan fingerprint density at radius 2 is 1.92 bits per heavy atom. The molecule has 24 heavy (non-hydrogen) atoms. The molecule has 7 nitrogen and oxygen atoms in total. The summed E-state index contributed by atoms with van der Waals surface area (Å²) in [4.78, 5) is 26.5. The van der Waals surface area contributed by atoms with Crippen LogP contribution in [-0.4, -0.2) is 45.2 Å². The zero-order valence-corrected chi connectivity index (χ0v) is 15.4. The molecule has 1 amide bonds. The number of ketones is 1. The number of rotatable bonds is 4. The quantitative estimate of drug-likeness (QED) is 0.783. The van der Waals surface area contributed by atoms with Crippen molar-refractivity contribution >= 4 is 11.9 Å². The molecule has 0 saturated carbocycles. The zero-order chi connectivity index (χ0) is 18.1. The molecular formula is C17H27N3O4. The van der Waals surface area contributed by atoms with Gasteiger partial charge in [0.2, 0.25) is 11.7 Å². The molecule has 7 heteroatoms. The Kier molecular flexibility index (Phi) is 5.01. The number of amides is 1. The van der Waals surface area contributed by atoms with Crippen LogP contribution in [0.3, 0.4) is 0 Å². The molecule has 1 aromatic heterocycles. The van der Waals surface area contributed by atoms with Gasteiger partial charge in [0.15, 0.2) is 0 Å². The fourth-order valence-corrected chi connectivity index (χ4v) is 2.47. The van der Waals surface area contributed by atoms with E-state index in [9.17, 15) is 9.59 Å². The Bertz CT molecular complexity index is 616. The molecule has 2 rings (SSSR count). The monoisotopic (exact) mass is 337 g/mol. The van der Waals surface area contributed by atoms with Crippen molar-refractivity contribution in [3.05, 3.63) is 11.8 Å². The Morgan fingerprint density at radius 1 is 1.25 bits per heavy atom. The van der Waals surface area contributed by atoms with Gasteiger partial charge in [0.1, 0.15) is 11.6 Å². The summed E-state index contributed by atoms with van der Waals surface area (Å²) in [6, 6.07) is -0.599. The van der Waals surface area contributed by atoms with E-state index < -0.39 is 17.7 Å². The van der Waals surface area contributed by atoms with Crippen LogP contribution in [0.25, 0.3) is 0 Å². The Morgan fingerprint density at radius 3 is 2.50 bits per heavy atom. The molecule has 0 N–H and O–H groups in total. The molecule has 0 radical (unpaired) electrons. The van der Waals surface area contributed by atoms with E-state index >= 15 is 0 Å². The summed E-state index contributed by atoms with van der Waals surface area (Å²) in [7, 11) is 0. The Hall–Kier alpha value is -1.92. The van der Waals surface area contributed by atoms with Gasteiger partial charge in [-0.15, -0.1) is 10.2 Å². The van der Waals surface area contributed by atoms with E-state index in [0.29, 0.717) is 18.9 Å². The maximum Gasteiger partial charge on any atom is 0.410 e. The van der Waals surface area contributed by atoms with Crippen molar-refractivity contribution in [3.8, 4) is 0 Å². The van der Waals surface area contributed by atoms with E-state index in [0.717, 1.165) is 12.8 Å². The number of carbonyl (C=O) groups is 2. The second-order valence-electron chi connectivity index (χ2n) is 7.85. The Balaban J connectivity index is 2.15. The highest BCUT2D eigenvalue weighted by Crippen LogP contribution is 2.27. The fourth-order valence-electron chi connectivity index (χ4n) is 2.47. The largest absolute Gasteiger partial charge is 0.444 e. The van der Waals surface area contributed by atoms with Gasteiger partial charge >= 0.3 is 6.09 Å². The topological polar surface area (TPSA) is 85.5 Å². The lowest BCUT2D eigenvalue weighted by Crippen LogP contribution is -2.43. The molecule has 2 heterocycles. The number of likely N-dealkylation sites (tertiary alicyclic amines) is 1. The van der Waals surface area contributed by atoms with E-state index in [2.05, 4.69) is 10.2 Å². The van der Waals surface area contributed by atoms with Crippen molar-refractivity contribution in [2.45, 2.75) is 77.9 Å². The lowest BCUT2D eigenvalue weighted by atomic mass is 9.90. The summed E-state index contributed by atoms with van der Waals surface area (Å²) in [6.07, 6.45) is 1.66. The first-order chi connectivity index (χ1) is 11.0. The van der Waals surface area contributed by atoms with Crippen LogP contribution < -0.4 is 0 Å². The number of carbonyl (C=O) groups excluding carboxylic acids is 2. The third-order valence-electron chi connectivity index (χ3n) is 4.28. The van der Waals surface area contributed by atoms with Gasteiger partial charge in [-0.3, -0.25) is 9.69 Å². The maximum absolute atomic E-state index is 12.7. The maximum atomic E-state index is 12.7. The van der Waals surface area contributed by atoms with Gasteiger partial charge in [-0.2, -0.15) is 0 Å². The predicted octanol–water partition coefficient (Wildman–Crippen LogP) is 3.34. The summed E-state index contributed by atoms with van der Waals surface area (Å²) in [5, 5.41) is 7.91. The summed E-state index contributed by atoms with van der Waals surface area (Å²) in [5.41, 5.74) is -0.887. The Labute approximate surface area is 142 Å². The van der Waals surface area contributed by atoms with Crippen LogP contribution in [0.4, 0.5) is 4.79 Å². The van der Waals surface area contributed by atoms with Crippen LogP contribution in [0.1, 0.15) is 77.4 Å². The lowest BCUT2D eigenvalue weighted by Gasteiger charge is -2.27. The molecule has 1 aliphatic heterocycles. The first-order valence-electron chi connectivity index (χ1n) is 8.43. The highest BCUT2D eigenvalue weighted by molar-refractivity contribution is 5.98. The van der Waals surface area contributed by atoms with Crippen LogP contribution in [0.5, 0.6) is 0 Å². The summed E-state index contributed by atoms with van der Waals surface area (Å²) >= 11 is 0. The smallest absolute Gasteiger partial charge is 0.410 e. The van der Waals surface area contributed by atoms with E-state index in [1.807, 2.05) is 20.8 Å². The minimum atomic E-state index is -0.601. The van der Waals surface area contributed by atoms with Gasteiger partial charge in [-0.1, -0.05) is 20.8 Å². The van der Waals surface area contributed by atoms with E-state index in [4.69, 9.17) is 9.15 Å². The van der Waals surface area contributed by atoms with Crippen LogP contribution >= 0.6 is 0 Å². The summed E-state index contributed by atoms with van der Waals surface area (Å²) in [6.45, 7) is 11.9. The van der Waals surface area contributed by atoms with Gasteiger partial charge in [-0.05, 0) is 40.0 Å². The van der Waals surface area contributed by atoms with Gasteiger partial charge in [-0.25, -0.2) is 4.79 Å². The molecule has 0 aliphatic carbocycles. The number of hydrogen-bond acceptors (Lipinski definition) is 6. The first kappa shape index (κ1) is 18.4. The molecule has 1 aliphatic rings. The van der Waals surface area contributed by atoms with Crippen molar-refractivity contribution in [2.75, 3.05) is 6.54 Å². The van der Waals surface area contributed by atoms with Crippen LogP contribution in [0, 0.1) is 0 Å². The van der Waals surface area contributed by atoms with Crippen molar-refractivity contribution in [1.29, 1.82) is 0 Å². The van der Waals surface area contributed by atoms with E-state index in [-0.39, 0.29) is 17.1 Å². The molecule has 0 spiro atoms. The normalized spacial score (nSPS) is 18.8. The number of Topliss-reactive ketones (excluding diaryl/α,β-unsaturated/α-hetero) is 1. The molecular weight excluding hydrogens is 310 g/mol. The third-order valence-corrected chi connectivity index (χ3v) is 4.28. The predicted molar refractivity (Wildman–Crippen MR) is 87.9 cm³/mol. The van der Waals surface area contributed by atoms with E-state index in [1.54, 1.807) is 20.8 Å². The van der Waals surface area contributed by atoms with E-state index in [1.165, 1.54) is 4.90 Å². The summed E-state index contributed by atoms with van der Waals surface area (Å²) in [5.74, 6) is 0.0890. The zero-order valence-electron chi connectivity index (χ0n) is 15.4. The third kappa shape index (κ3) is 3.94. The second kappa shape index (κ2) is 6.53. The van der Waals surface area contributed by atoms with Gasteiger partial charge < -0.3 is 9.15 Å². The van der Waals surface area contributed by atoms with Crippen LogP contribution in [-0.2, 0) is 10.2 Å². The number of nitrogens with zero attached hydrogens (tertiary/aromatic N) is 3. The van der Waals surface area contributed by atoms with Crippen molar-refractivity contribution in [1.82, 2.24) is 15.1 Å². The standard InChI is InChI=1S/C17H27N3O4/c1-7-17(5,6)14-19-18-13(23-14)12(21)11-9-8-10-20(11)15(22)24-16(2,3)4/h11H,7-10H2,1-6H3/t11-/m0/s1. The van der Waals surface area contributed by atoms with Crippen molar-refractivity contribution < 1.29 is 18.7 Å². The molecule has 0 unspecified atom stereocenters. The number of hydrogen-bond donors (Lipinski definition) is 0. The van der Waals surface area contributed by atoms with Crippen molar-refractivity contribution in [2.24, 2.45) is 0 Å². The number of ether oxygens (including phenoxy) is 1. The summed E-state index contributed by atoms with van der Waals surface area (Å²) < 4.78 is 11.0. The minimum absolute atomic E-state index is 0.0352. The molecule has 1 saturated heterocycles. The molecule has 1 atom stereocenters. The lowest BCUT2D eigenvalue weighted by molar-refractivity contribution is 0.0218. The molecule has 1 aromatic rings. The van der Waals surface area contributed by atoms with Crippen LogP contribution in [0.15, 0.2) is 4.42 Å². The highest BCUT2D eigenvalue weighted by Gasteiger charge is 2.39. The minimum Gasteiger partial charge on any atom is -0.444 e. The number of aromatic nitrogens is 2.